The number of aryl methyl sites for hydroxylation is 2. The van der Waals surface area contributed by atoms with Crippen LogP contribution in [0.2, 0.25) is 5.02 Å². The molecule has 4 heterocycles. The SMILES string of the molecule is Cc1cc(C)n(-c2ccc(Cl)c(C(=O)Nc3ccc(N4CCCCC4)nc3)n2)n1. The van der Waals surface area contributed by atoms with Gasteiger partial charge in [-0.2, -0.15) is 5.10 Å². The summed E-state index contributed by atoms with van der Waals surface area (Å²) >= 11 is 6.24. The van der Waals surface area contributed by atoms with E-state index in [1.165, 1.54) is 19.3 Å². The highest BCUT2D eigenvalue weighted by atomic mass is 35.5. The first-order chi connectivity index (χ1) is 14.0. The summed E-state index contributed by atoms with van der Waals surface area (Å²) in [7, 11) is 0. The number of aromatic nitrogens is 4. The van der Waals surface area contributed by atoms with E-state index < -0.39 is 0 Å². The number of rotatable bonds is 4. The summed E-state index contributed by atoms with van der Waals surface area (Å²) in [6.45, 7) is 5.90. The minimum absolute atomic E-state index is 0.150. The Bertz CT molecular complexity index is 1020. The lowest BCUT2D eigenvalue weighted by Crippen LogP contribution is -2.30. The molecular weight excluding hydrogens is 388 g/mol. The van der Waals surface area contributed by atoms with Gasteiger partial charge in [0.05, 0.1) is 22.6 Å². The lowest BCUT2D eigenvalue weighted by molar-refractivity contribution is 0.102. The number of anilines is 2. The second kappa shape index (κ2) is 8.21. The fourth-order valence-electron chi connectivity index (χ4n) is 3.53. The molecule has 1 N–H and O–H groups in total. The van der Waals surface area contributed by atoms with E-state index in [-0.39, 0.29) is 16.6 Å². The maximum Gasteiger partial charge on any atom is 0.275 e. The third-order valence-corrected chi connectivity index (χ3v) is 5.26. The van der Waals surface area contributed by atoms with Crippen molar-refractivity contribution in [3.05, 3.63) is 58.6 Å². The van der Waals surface area contributed by atoms with E-state index in [1.54, 1.807) is 23.0 Å². The van der Waals surface area contributed by atoms with Crippen molar-refractivity contribution < 1.29 is 4.79 Å². The largest absolute Gasteiger partial charge is 0.357 e. The van der Waals surface area contributed by atoms with Crippen LogP contribution in [0.25, 0.3) is 5.82 Å². The normalized spacial score (nSPS) is 14.1. The molecule has 1 aliphatic rings. The van der Waals surface area contributed by atoms with Gasteiger partial charge < -0.3 is 10.2 Å². The zero-order valence-electron chi connectivity index (χ0n) is 16.5. The van der Waals surface area contributed by atoms with Crippen LogP contribution in [0.1, 0.15) is 41.1 Å². The van der Waals surface area contributed by atoms with Crippen LogP contribution in [0.4, 0.5) is 11.5 Å². The van der Waals surface area contributed by atoms with Crippen LogP contribution >= 0.6 is 11.6 Å². The summed E-state index contributed by atoms with van der Waals surface area (Å²) in [5.74, 6) is 1.10. The topological polar surface area (TPSA) is 75.9 Å². The lowest BCUT2D eigenvalue weighted by atomic mass is 10.1. The zero-order chi connectivity index (χ0) is 20.4. The molecule has 0 saturated carbocycles. The van der Waals surface area contributed by atoms with Gasteiger partial charge in [-0.05, 0) is 63.4 Å². The predicted molar refractivity (Wildman–Crippen MR) is 114 cm³/mol. The van der Waals surface area contributed by atoms with E-state index in [4.69, 9.17) is 11.6 Å². The molecule has 0 unspecified atom stereocenters. The van der Waals surface area contributed by atoms with E-state index in [9.17, 15) is 4.79 Å². The Balaban J connectivity index is 1.52. The van der Waals surface area contributed by atoms with Crippen LogP contribution in [0.3, 0.4) is 0 Å². The molecule has 4 rings (SSSR count). The van der Waals surface area contributed by atoms with Crippen LogP contribution in [0.5, 0.6) is 0 Å². The Hall–Kier alpha value is -2.93. The number of pyridine rings is 2. The van der Waals surface area contributed by atoms with Gasteiger partial charge in [0.2, 0.25) is 0 Å². The first-order valence-corrected chi connectivity index (χ1v) is 10.1. The molecule has 1 saturated heterocycles. The highest BCUT2D eigenvalue weighted by molar-refractivity contribution is 6.34. The Morgan fingerprint density at radius 2 is 1.83 bits per heavy atom. The van der Waals surface area contributed by atoms with Crippen LogP contribution in [0, 0.1) is 13.8 Å². The molecule has 0 aliphatic carbocycles. The lowest BCUT2D eigenvalue weighted by Gasteiger charge is -2.27. The minimum Gasteiger partial charge on any atom is -0.357 e. The van der Waals surface area contributed by atoms with Crippen molar-refractivity contribution in [2.24, 2.45) is 0 Å². The van der Waals surface area contributed by atoms with Crippen LogP contribution in [-0.4, -0.2) is 38.7 Å². The number of amides is 1. The van der Waals surface area contributed by atoms with E-state index in [0.29, 0.717) is 11.5 Å². The summed E-state index contributed by atoms with van der Waals surface area (Å²) in [5.41, 5.74) is 2.56. The summed E-state index contributed by atoms with van der Waals surface area (Å²) < 4.78 is 1.69. The summed E-state index contributed by atoms with van der Waals surface area (Å²) in [5, 5.41) is 7.53. The molecule has 0 aromatic carbocycles. The van der Waals surface area contributed by atoms with Crippen LogP contribution in [-0.2, 0) is 0 Å². The molecule has 3 aromatic heterocycles. The van der Waals surface area contributed by atoms with E-state index in [0.717, 1.165) is 30.3 Å². The average molecular weight is 411 g/mol. The van der Waals surface area contributed by atoms with Crippen molar-refractivity contribution in [2.75, 3.05) is 23.3 Å². The zero-order valence-corrected chi connectivity index (χ0v) is 17.3. The number of hydrogen-bond acceptors (Lipinski definition) is 5. The van der Waals surface area contributed by atoms with Crippen LogP contribution in [0.15, 0.2) is 36.5 Å². The smallest absolute Gasteiger partial charge is 0.275 e. The molecule has 0 radical (unpaired) electrons. The van der Waals surface area contributed by atoms with Crippen molar-refractivity contribution in [3.8, 4) is 5.82 Å². The molecule has 29 heavy (non-hydrogen) atoms. The minimum atomic E-state index is -0.383. The molecular formula is C21H23ClN6O. The van der Waals surface area contributed by atoms with Gasteiger partial charge in [0.1, 0.15) is 11.5 Å². The maximum atomic E-state index is 12.8. The van der Waals surface area contributed by atoms with Gasteiger partial charge in [-0.25, -0.2) is 14.6 Å². The highest BCUT2D eigenvalue weighted by Gasteiger charge is 2.17. The van der Waals surface area contributed by atoms with Gasteiger partial charge in [-0.15, -0.1) is 0 Å². The number of nitrogens with one attached hydrogen (secondary N) is 1. The average Bonchev–Trinajstić information content (AvgIpc) is 3.07. The van der Waals surface area contributed by atoms with Crippen molar-refractivity contribution >= 4 is 29.0 Å². The summed E-state index contributed by atoms with van der Waals surface area (Å²) in [6.07, 6.45) is 5.32. The van der Waals surface area contributed by atoms with Gasteiger partial charge in [-0.1, -0.05) is 11.6 Å². The third-order valence-electron chi connectivity index (χ3n) is 4.96. The number of halogens is 1. The maximum absolute atomic E-state index is 12.8. The number of carbonyl (C=O) groups excluding carboxylic acids is 1. The molecule has 0 spiro atoms. The van der Waals surface area contributed by atoms with E-state index in [1.807, 2.05) is 32.0 Å². The molecule has 8 heteroatoms. The van der Waals surface area contributed by atoms with Gasteiger partial charge in [0.25, 0.3) is 5.91 Å². The number of nitrogens with zero attached hydrogens (tertiary/aromatic N) is 5. The Morgan fingerprint density at radius 1 is 1.07 bits per heavy atom. The molecule has 0 atom stereocenters. The highest BCUT2D eigenvalue weighted by Crippen LogP contribution is 2.21. The second-order valence-corrected chi connectivity index (χ2v) is 7.65. The fraction of sp³-hybridized carbons (Fsp3) is 0.333. The fourth-order valence-corrected chi connectivity index (χ4v) is 3.72. The quantitative estimate of drug-likeness (QED) is 0.698. The van der Waals surface area contributed by atoms with E-state index >= 15 is 0 Å². The van der Waals surface area contributed by atoms with Gasteiger partial charge >= 0.3 is 0 Å². The molecule has 150 valence electrons. The van der Waals surface area contributed by atoms with E-state index in [2.05, 4.69) is 25.3 Å². The molecule has 1 aliphatic heterocycles. The monoisotopic (exact) mass is 410 g/mol. The number of piperidine rings is 1. The molecule has 7 nitrogen and oxygen atoms in total. The van der Waals surface area contributed by atoms with Crippen molar-refractivity contribution in [3.63, 3.8) is 0 Å². The first kappa shape index (κ1) is 19.4. The van der Waals surface area contributed by atoms with Gasteiger partial charge in [0.15, 0.2) is 5.82 Å². The van der Waals surface area contributed by atoms with Crippen molar-refractivity contribution in [2.45, 2.75) is 33.1 Å². The van der Waals surface area contributed by atoms with Crippen LogP contribution < -0.4 is 10.2 Å². The second-order valence-electron chi connectivity index (χ2n) is 7.25. The van der Waals surface area contributed by atoms with Gasteiger partial charge in [-0.3, -0.25) is 4.79 Å². The molecule has 1 fully saturated rings. The van der Waals surface area contributed by atoms with Crippen molar-refractivity contribution in [1.29, 1.82) is 0 Å². The predicted octanol–water partition coefficient (Wildman–Crippen LogP) is 4.18. The summed E-state index contributed by atoms with van der Waals surface area (Å²) in [4.78, 5) is 24.0. The summed E-state index contributed by atoms with van der Waals surface area (Å²) in [6, 6.07) is 9.14. The Kier molecular flexibility index (Phi) is 5.49. The number of hydrogen-bond donors (Lipinski definition) is 1. The molecule has 1 amide bonds. The first-order valence-electron chi connectivity index (χ1n) is 9.74. The Morgan fingerprint density at radius 3 is 2.48 bits per heavy atom. The van der Waals surface area contributed by atoms with Gasteiger partial charge in [0, 0.05) is 18.8 Å². The van der Waals surface area contributed by atoms with Crippen molar-refractivity contribution in [1.82, 2.24) is 19.7 Å². The Labute approximate surface area is 174 Å². The third kappa shape index (κ3) is 4.24. The standard InChI is InChI=1S/C21H23ClN6O/c1-14-12-15(2)28(26-14)19-9-7-17(22)20(25-19)21(29)24-16-6-8-18(23-13-16)27-10-4-3-5-11-27/h6-9,12-13H,3-5,10-11H2,1-2H3,(H,24,29). The molecule has 3 aromatic rings. The number of carbonyl (C=O) groups is 1. The molecule has 0 bridgehead atoms.